The molecule has 5 nitrogen and oxygen atoms in total. The van der Waals surface area contributed by atoms with Crippen molar-refractivity contribution in [1.82, 2.24) is 15.1 Å². The van der Waals surface area contributed by atoms with Crippen LogP contribution in [0.25, 0.3) is 10.9 Å². The molecule has 1 amide bonds. The fourth-order valence-electron chi connectivity index (χ4n) is 2.90. The summed E-state index contributed by atoms with van der Waals surface area (Å²) in [6.45, 7) is 3.27. The molecule has 0 aliphatic heterocycles. The molecule has 0 unspecified atom stereocenters. The van der Waals surface area contributed by atoms with Gasteiger partial charge in [0.15, 0.2) is 0 Å². The average molecular weight is 337 g/mol. The highest BCUT2D eigenvalue weighted by Crippen LogP contribution is 2.17. The molecule has 0 saturated heterocycles. The molecule has 3 rings (SSSR count). The average Bonchev–Trinajstić information content (AvgIpc) is 3.05. The monoisotopic (exact) mass is 337 g/mol. The molecule has 3 aromatic rings. The summed E-state index contributed by atoms with van der Waals surface area (Å²) in [4.78, 5) is 12.1. The summed E-state index contributed by atoms with van der Waals surface area (Å²) in [5.74, 6) is 0.879. The molecule has 1 N–H and O–H groups in total. The molecule has 130 valence electrons. The number of ether oxygens (including phenoxy) is 1. The van der Waals surface area contributed by atoms with Gasteiger partial charge in [-0.1, -0.05) is 24.3 Å². The second kappa shape index (κ2) is 7.83. The Morgan fingerprint density at radius 1 is 1.24 bits per heavy atom. The minimum absolute atomic E-state index is 0.0409. The molecule has 1 heterocycles. The number of aromatic nitrogens is 2. The van der Waals surface area contributed by atoms with Crippen LogP contribution in [-0.4, -0.2) is 29.3 Å². The van der Waals surface area contributed by atoms with Crippen LogP contribution < -0.4 is 10.1 Å². The predicted molar refractivity (Wildman–Crippen MR) is 98.8 cm³/mol. The largest absolute Gasteiger partial charge is 0.497 e. The van der Waals surface area contributed by atoms with Crippen molar-refractivity contribution in [2.24, 2.45) is 0 Å². The smallest absolute Gasteiger partial charge is 0.221 e. The van der Waals surface area contributed by atoms with Gasteiger partial charge in [0.2, 0.25) is 5.91 Å². The first-order valence-corrected chi connectivity index (χ1v) is 8.48. The summed E-state index contributed by atoms with van der Waals surface area (Å²) < 4.78 is 7.10. The first-order chi connectivity index (χ1) is 12.2. The van der Waals surface area contributed by atoms with Crippen LogP contribution in [0.3, 0.4) is 0 Å². The molecule has 0 fully saturated rings. The van der Waals surface area contributed by atoms with Crippen molar-refractivity contribution in [1.29, 1.82) is 0 Å². The molecule has 1 aromatic heterocycles. The number of amides is 1. The summed E-state index contributed by atoms with van der Waals surface area (Å²) in [5.41, 5.74) is 3.42. The Kier molecular flexibility index (Phi) is 5.33. The first-order valence-electron chi connectivity index (χ1n) is 8.48. The summed E-state index contributed by atoms with van der Waals surface area (Å²) in [6.07, 6.45) is 3.07. The summed E-state index contributed by atoms with van der Waals surface area (Å²) >= 11 is 0. The van der Waals surface area contributed by atoms with Crippen molar-refractivity contribution in [3.05, 3.63) is 59.8 Å². The standard InChI is InChI=1S/C20H23N3O2/c1-15-5-3-8-19-18(15)14-22-23(19)12-10-20(24)21-11-9-16-6-4-7-17(13-16)25-2/h3-8,13-14H,9-12H2,1-2H3,(H,21,24). The zero-order valence-electron chi connectivity index (χ0n) is 14.7. The highest BCUT2D eigenvalue weighted by atomic mass is 16.5. The number of hydrogen-bond acceptors (Lipinski definition) is 3. The normalized spacial score (nSPS) is 10.8. The van der Waals surface area contributed by atoms with E-state index in [4.69, 9.17) is 4.74 Å². The Bertz CT molecular complexity index is 870. The summed E-state index contributed by atoms with van der Waals surface area (Å²) in [5, 5.41) is 8.51. The van der Waals surface area contributed by atoms with E-state index in [0.29, 0.717) is 19.5 Å². The molecule has 0 bridgehead atoms. The van der Waals surface area contributed by atoms with Crippen molar-refractivity contribution in [3.63, 3.8) is 0 Å². The van der Waals surface area contributed by atoms with Crippen LogP contribution in [0.4, 0.5) is 0 Å². The Labute approximate surface area is 147 Å². The predicted octanol–water partition coefficient (Wildman–Crippen LogP) is 3.10. The van der Waals surface area contributed by atoms with Crippen LogP contribution in [0.15, 0.2) is 48.7 Å². The Hall–Kier alpha value is -2.82. The van der Waals surface area contributed by atoms with E-state index in [2.05, 4.69) is 23.4 Å². The molecule has 0 radical (unpaired) electrons. The van der Waals surface area contributed by atoms with Crippen LogP contribution in [0, 0.1) is 6.92 Å². The van der Waals surface area contributed by atoms with Crippen molar-refractivity contribution in [2.75, 3.05) is 13.7 Å². The van der Waals surface area contributed by atoms with Crippen LogP contribution in [0.5, 0.6) is 5.75 Å². The molecule has 0 aliphatic carbocycles. The summed E-state index contributed by atoms with van der Waals surface area (Å²) in [7, 11) is 1.65. The summed E-state index contributed by atoms with van der Waals surface area (Å²) in [6, 6.07) is 14.0. The van der Waals surface area contributed by atoms with Crippen LogP contribution in [0.1, 0.15) is 17.5 Å². The minimum Gasteiger partial charge on any atom is -0.497 e. The fraction of sp³-hybridized carbons (Fsp3) is 0.300. The number of fused-ring (bicyclic) bond motifs is 1. The van der Waals surface area contributed by atoms with Crippen molar-refractivity contribution in [3.8, 4) is 5.75 Å². The second-order valence-electron chi connectivity index (χ2n) is 6.08. The maximum absolute atomic E-state index is 12.1. The van der Waals surface area contributed by atoms with Crippen LogP contribution in [0.2, 0.25) is 0 Å². The van der Waals surface area contributed by atoms with Crippen molar-refractivity contribution in [2.45, 2.75) is 26.3 Å². The van der Waals surface area contributed by atoms with Gasteiger partial charge in [-0.05, 0) is 42.7 Å². The number of hydrogen-bond donors (Lipinski definition) is 1. The molecule has 5 heteroatoms. The van der Waals surface area contributed by atoms with Gasteiger partial charge in [-0.25, -0.2) is 0 Å². The Morgan fingerprint density at radius 2 is 2.08 bits per heavy atom. The highest BCUT2D eigenvalue weighted by molar-refractivity contribution is 5.82. The third kappa shape index (κ3) is 4.18. The van der Waals surface area contributed by atoms with E-state index in [1.165, 1.54) is 5.56 Å². The number of benzene rings is 2. The van der Waals surface area contributed by atoms with Gasteiger partial charge in [-0.3, -0.25) is 9.48 Å². The quantitative estimate of drug-likeness (QED) is 0.721. The lowest BCUT2D eigenvalue weighted by Crippen LogP contribution is -2.26. The van der Waals surface area contributed by atoms with Gasteiger partial charge in [0.05, 0.1) is 25.4 Å². The van der Waals surface area contributed by atoms with E-state index in [1.807, 2.05) is 47.3 Å². The molecular weight excluding hydrogens is 314 g/mol. The van der Waals surface area contributed by atoms with E-state index in [9.17, 15) is 4.79 Å². The topological polar surface area (TPSA) is 56.1 Å². The lowest BCUT2D eigenvalue weighted by Gasteiger charge is -2.07. The van der Waals surface area contributed by atoms with E-state index >= 15 is 0 Å². The third-order valence-electron chi connectivity index (χ3n) is 4.33. The van der Waals surface area contributed by atoms with Gasteiger partial charge < -0.3 is 10.1 Å². The van der Waals surface area contributed by atoms with E-state index in [0.717, 1.165) is 28.6 Å². The maximum atomic E-state index is 12.1. The lowest BCUT2D eigenvalue weighted by molar-refractivity contribution is -0.121. The van der Waals surface area contributed by atoms with Crippen LogP contribution in [-0.2, 0) is 17.8 Å². The second-order valence-corrected chi connectivity index (χ2v) is 6.08. The molecule has 0 saturated carbocycles. The zero-order valence-corrected chi connectivity index (χ0v) is 14.7. The SMILES string of the molecule is COc1cccc(CCNC(=O)CCn2ncc3c(C)cccc32)c1. The minimum atomic E-state index is 0.0409. The zero-order chi connectivity index (χ0) is 17.6. The molecule has 0 atom stereocenters. The molecule has 2 aromatic carbocycles. The van der Waals surface area contributed by atoms with Gasteiger partial charge in [0.25, 0.3) is 0 Å². The molecular formula is C20H23N3O2. The van der Waals surface area contributed by atoms with Crippen LogP contribution >= 0.6 is 0 Å². The van der Waals surface area contributed by atoms with Gasteiger partial charge >= 0.3 is 0 Å². The van der Waals surface area contributed by atoms with Gasteiger partial charge in [0, 0.05) is 18.4 Å². The molecule has 25 heavy (non-hydrogen) atoms. The van der Waals surface area contributed by atoms with E-state index in [1.54, 1.807) is 7.11 Å². The number of methoxy groups -OCH3 is 1. The number of rotatable bonds is 7. The Morgan fingerprint density at radius 3 is 2.92 bits per heavy atom. The molecule has 0 spiro atoms. The number of carbonyl (C=O) groups is 1. The third-order valence-corrected chi connectivity index (χ3v) is 4.33. The van der Waals surface area contributed by atoms with E-state index in [-0.39, 0.29) is 5.91 Å². The van der Waals surface area contributed by atoms with E-state index < -0.39 is 0 Å². The highest BCUT2D eigenvalue weighted by Gasteiger charge is 2.07. The number of nitrogens with one attached hydrogen (secondary N) is 1. The lowest BCUT2D eigenvalue weighted by atomic mass is 10.1. The van der Waals surface area contributed by atoms with Gasteiger partial charge in [-0.15, -0.1) is 0 Å². The van der Waals surface area contributed by atoms with Gasteiger partial charge in [0.1, 0.15) is 5.75 Å². The van der Waals surface area contributed by atoms with Crippen molar-refractivity contribution < 1.29 is 9.53 Å². The maximum Gasteiger partial charge on any atom is 0.221 e. The molecule has 0 aliphatic rings. The van der Waals surface area contributed by atoms with Gasteiger partial charge in [-0.2, -0.15) is 5.10 Å². The Balaban J connectivity index is 1.48. The van der Waals surface area contributed by atoms with Crippen molar-refractivity contribution >= 4 is 16.8 Å². The number of carbonyl (C=O) groups excluding carboxylic acids is 1. The first kappa shape index (κ1) is 17.0. The fourth-order valence-corrected chi connectivity index (χ4v) is 2.90. The number of nitrogens with zero attached hydrogens (tertiary/aromatic N) is 2. The number of aryl methyl sites for hydroxylation is 2.